The van der Waals surface area contributed by atoms with Crippen LogP contribution in [0.25, 0.3) is 12.2 Å². The molecule has 0 aliphatic rings. The third-order valence-corrected chi connectivity index (χ3v) is 3.15. The first-order valence-electron chi connectivity index (χ1n) is 5.70. The molecule has 0 aliphatic carbocycles. The fraction of sp³-hybridized carbons (Fsp3) is 0.133. The molecule has 18 heavy (non-hydrogen) atoms. The summed E-state index contributed by atoms with van der Waals surface area (Å²) in [6.45, 7) is 3.15. The van der Waals surface area contributed by atoms with Gasteiger partial charge in [-0.25, -0.2) is 4.57 Å². The molecule has 0 saturated heterocycles. The summed E-state index contributed by atoms with van der Waals surface area (Å²) in [5.74, 6) is 0. The predicted octanol–water partition coefficient (Wildman–Crippen LogP) is 0.931. The number of aromatic nitrogens is 1. The van der Waals surface area contributed by atoms with E-state index in [0.29, 0.717) is 0 Å². The van der Waals surface area contributed by atoms with Gasteiger partial charge in [-0.3, -0.25) is 0 Å². The van der Waals surface area contributed by atoms with Crippen LogP contribution in [0.2, 0.25) is 0 Å². The fourth-order valence-corrected chi connectivity index (χ4v) is 1.82. The Kier molecular flexibility index (Phi) is 6.57. The van der Waals surface area contributed by atoms with Crippen molar-refractivity contribution in [3.8, 4) is 0 Å². The maximum absolute atomic E-state index is 3.43. The van der Waals surface area contributed by atoms with Crippen molar-refractivity contribution in [1.82, 2.24) is 0 Å². The van der Waals surface area contributed by atoms with E-state index >= 15 is 0 Å². The van der Waals surface area contributed by atoms with E-state index < -0.39 is 0 Å². The summed E-state index contributed by atoms with van der Waals surface area (Å²) in [5.41, 5.74) is 2.43. The lowest BCUT2D eigenvalue weighted by molar-refractivity contribution is -0.693. The molecule has 94 valence electrons. The number of nitrogens with zero attached hydrogens (tertiary/aromatic N) is 1. The summed E-state index contributed by atoms with van der Waals surface area (Å²) in [6.07, 6.45) is 8.45. The first-order valence-corrected chi connectivity index (χ1v) is 6.50. The average molecular weight is 416 g/mol. The van der Waals surface area contributed by atoms with E-state index in [-0.39, 0.29) is 24.0 Å². The summed E-state index contributed by atoms with van der Waals surface area (Å²) < 4.78 is 3.26. The molecule has 0 bridgehead atoms. The van der Waals surface area contributed by atoms with Crippen molar-refractivity contribution in [1.29, 1.82) is 0 Å². The Balaban J connectivity index is 0.00000162. The van der Waals surface area contributed by atoms with Crippen molar-refractivity contribution < 1.29 is 28.5 Å². The van der Waals surface area contributed by atoms with Crippen LogP contribution in [0.1, 0.15) is 18.1 Å². The highest BCUT2D eigenvalue weighted by atomic mass is 127. The van der Waals surface area contributed by atoms with E-state index in [1.54, 1.807) is 0 Å². The number of halogens is 2. The van der Waals surface area contributed by atoms with Crippen LogP contribution in [0.3, 0.4) is 0 Å². The molecular formula is C15H15BrIN. The zero-order valence-electron chi connectivity index (χ0n) is 10.2. The molecule has 0 N–H and O–H groups in total. The number of pyridine rings is 1. The van der Waals surface area contributed by atoms with Crippen LogP contribution in [0.15, 0.2) is 53.3 Å². The molecule has 3 heteroatoms. The van der Waals surface area contributed by atoms with Crippen LogP contribution >= 0.6 is 15.9 Å². The van der Waals surface area contributed by atoms with Gasteiger partial charge in [0.25, 0.3) is 0 Å². The highest BCUT2D eigenvalue weighted by Gasteiger charge is 1.94. The van der Waals surface area contributed by atoms with Crippen LogP contribution in [0.5, 0.6) is 0 Å². The lowest BCUT2D eigenvalue weighted by Crippen LogP contribution is -3.00. The highest BCUT2D eigenvalue weighted by Crippen LogP contribution is 2.12. The molecule has 0 unspecified atom stereocenters. The smallest absolute Gasteiger partial charge is 0.169 e. The Morgan fingerprint density at radius 1 is 0.944 bits per heavy atom. The lowest BCUT2D eigenvalue weighted by Gasteiger charge is -1.95. The molecule has 1 nitrogen and oxygen atoms in total. The molecule has 1 aromatic heterocycles. The summed E-state index contributed by atoms with van der Waals surface area (Å²) in [5, 5.41) is 0. The second-order valence-corrected chi connectivity index (χ2v) is 4.76. The zero-order valence-corrected chi connectivity index (χ0v) is 13.9. The topological polar surface area (TPSA) is 3.88 Å². The van der Waals surface area contributed by atoms with Gasteiger partial charge in [0, 0.05) is 16.6 Å². The third kappa shape index (κ3) is 4.53. The quantitative estimate of drug-likeness (QED) is 0.518. The van der Waals surface area contributed by atoms with Gasteiger partial charge in [0.2, 0.25) is 0 Å². The van der Waals surface area contributed by atoms with E-state index in [0.717, 1.165) is 11.0 Å². The van der Waals surface area contributed by atoms with Crippen LogP contribution in [-0.2, 0) is 6.54 Å². The monoisotopic (exact) mass is 415 g/mol. The molecule has 0 spiro atoms. The minimum atomic E-state index is 0. The second kappa shape index (κ2) is 7.69. The van der Waals surface area contributed by atoms with Gasteiger partial charge in [-0.05, 0) is 30.2 Å². The van der Waals surface area contributed by atoms with Crippen molar-refractivity contribution in [2.24, 2.45) is 0 Å². The first-order chi connectivity index (χ1) is 8.28. The minimum absolute atomic E-state index is 0. The van der Waals surface area contributed by atoms with E-state index in [4.69, 9.17) is 0 Å². The van der Waals surface area contributed by atoms with Crippen LogP contribution in [-0.4, -0.2) is 0 Å². The Labute approximate surface area is 134 Å². The molecule has 2 aromatic rings. The summed E-state index contributed by atoms with van der Waals surface area (Å²) >= 11 is 3.43. The van der Waals surface area contributed by atoms with Crippen LogP contribution < -0.4 is 28.5 Å². The minimum Gasteiger partial charge on any atom is -1.00 e. The molecule has 0 amide bonds. The lowest BCUT2D eigenvalue weighted by atomic mass is 10.1. The molecular weight excluding hydrogens is 401 g/mol. The highest BCUT2D eigenvalue weighted by molar-refractivity contribution is 9.10. The van der Waals surface area contributed by atoms with Gasteiger partial charge in [0.1, 0.15) is 6.54 Å². The molecule has 0 radical (unpaired) electrons. The fourth-order valence-electron chi connectivity index (χ4n) is 1.56. The standard InChI is InChI=1S/C15H15BrN.HI/c1-2-17-11-9-14(10-12-17)4-3-13-5-7-15(16)8-6-13;/h3-12H,2H2,1H3;1H/q+1;/p-1/b4-3+;. The van der Waals surface area contributed by atoms with Gasteiger partial charge in [-0.1, -0.05) is 40.2 Å². The van der Waals surface area contributed by atoms with Gasteiger partial charge < -0.3 is 24.0 Å². The van der Waals surface area contributed by atoms with Gasteiger partial charge >= 0.3 is 0 Å². The van der Waals surface area contributed by atoms with Crippen molar-refractivity contribution in [3.05, 3.63) is 64.4 Å². The zero-order chi connectivity index (χ0) is 12.1. The van der Waals surface area contributed by atoms with Crippen LogP contribution in [0.4, 0.5) is 0 Å². The Morgan fingerprint density at radius 3 is 1.94 bits per heavy atom. The third-order valence-electron chi connectivity index (χ3n) is 2.62. The van der Waals surface area contributed by atoms with E-state index in [1.165, 1.54) is 11.1 Å². The normalized spacial score (nSPS) is 10.3. The average Bonchev–Trinajstić information content (AvgIpc) is 2.39. The Bertz CT molecular complexity index is 503. The summed E-state index contributed by atoms with van der Waals surface area (Å²) in [6, 6.07) is 12.5. The van der Waals surface area contributed by atoms with Gasteiger partial charge in [-0.15, -0.1) is 0 Å². The van der Waals surface area contributed by atoms with Crippen molar-refractivity contribution in [2.75, 3.05) is 0 Å². The Morgan fingerprint density at radius 2 is 1.44 bits per heavy atom. The van der Waals surface area contributed by atoms with Crippen LogP contribution in [0, 0.1) is 0 Å². The molecule has 0 atom stereocenters. The SMILES string of the molecule is CC[n+]1ccc(/C=C/c2ccc(Br)cc2)cc1.[I-]. The Hall–Kier alpha value is -0.680. The number of benzene rings is 1. The second-order valence-electron chi connectivity index (χ2n) is 3.85. The number of hydrogen-bond donors (Lipinski definition) is 0. The molecule has 0 saturated carbocycles. The number of hydrogen-bond acceptors (Lipinski definition) is 0. The molecule has 0 aliphatic heterocycles. The van der Waals surface area contributed by atoms with E-state index in [1.807, 2.05) is 0 Å². The van der Waals surface area contributed by atoms with Gasteiger partial charge in [-0.2, -0.15) is 0 Å². The van der Waals surface area contributed by atoms with Crippen molar-refractivity contribution in [3.63, 3.8) is 0 Å². The summed E-state index contributed by atoms with van der Waals surface area (Å²) in [7, 11) is 0. The molecule has 0 fully saturated rings. The van der Waals surface area contributed by atoms with Crippen molar-refractivity contribution in [2.45, 2.75) is 13.5 Å². The maximum Gasteiger partial charge on any atom is 0.169 e. The van der Waals surface area contributed by atoms with Gasteiger partial charge in [0.15, 0.2) is 12.4 Å². The van der Waals surface area contributed by atoms with Gasteiger partial charge in [0.05, 0.1) is 0 Å². The number of aryl methyl sites for hydroxylation is 1. The summed E-state index contributed by atoms with van der Waals surface area (Å²) in [4.78, 5) is 0. The molecule has 1 heterocycles. The van der Waals surface area contributed by atoms with E-state index in [2.05, 4.69) is 88.4 Å². The molecule has 1 aromatic carbocycles. The van der Waals surface area contributed by atoms with E-state index in [9.17, 15) is 0 Å². The molecule has 2 rings (SSSR count). The largest absolute Gasteiger partial charge is 1.00 e. The van der Waals surface area contributed by atoms with Crippen molar-refractivity contribution >= 4 is 28.1 Å². The predicted molar refractivity (Wildman–Crippen MR) is 75.4 cm³/mol. The first kappa shape index (κ1) is 15.4. The number of rotatable bonds is 3. The maximum atomic E-state index is 3.43.